The summed E-state index contributed by atoms with van der Waals surface area (Å²) in [5, 5.41) is 1.37. The van der Waals surface area contributed by atoms with Crippen molar-refractivity contribution in [2.75, 3.05) is 6.54 Å². The van der Waals surface area contributed by atoms with E-state index in [1.54, 1.807) is 0 Å². The van der Waals surface area contributed by atoms with Gasteiger partial charge in [0.25, 0.3) is 0 Å². The Balaban J connectivity index is 2.21. The highest BCUT2D eigenvalue weighted by molar-refractivity contribution is 5.93. The van der Waals surface area contributed by atoms with Crippen LogP contribution >= 0.6 is 0 Å². The van der Waals surface area contributed by atoms with Crippen LogP contribution in [-0.2, 0) is 6.42 Å². The average molecular weight is 320 g/mol. The van der Waals surface area contributed by atoms with E-state index in [2.05, 4.69) is 63.0 Å². The normalized spacial score (nSPS) is 11.4. The van der Waals surface area contributed by atoms with E-state index in [-0.39, 0.29) is 0 Å². The van der Waals surface area contributed by atoms with Gasteiger partial charge in [-0.25, -0.2) is 0 Å². The molecule has 3 N–H and O–H groups in total. The Bertz CT molecular complexity index is 851. The van der Waals surface area contributed by atoms with Crippen LogP contribution in [0.2, 0.25) is 0 Å². The predicted octanol–water partition coefficient (Wildman–Crippen LogP) is 5.35. The van der Waals surface area contributed by atoms with Crippen molar-refractivity contribution in [3.8, 4) is 11.3 Å². The summed E-state index contributed by atoms with van der Waals surface area (Å²) in [4.78, 5) is 3.74. The summed E-state index contributed by atoms with van der Waals surface area (Å²) < 4.78 is 0. The summed E-state index contributed by atoms with van der Waals surface area (Å²) >= 11 is 0. The minimum absolute atomic E-state index is 0.763. The number of nitrogens with two attached hydrogens (primary N) is 1. The molecule has 0 aliphatic heterocycles. The van der Waals surface area contributed by atoms with Crippen LogP contribution in [0.15, 0.2) is 30.3 Å². The van der Waals surface area contributed by atoms with Gasteiger partial charge in [-0.05, 0) is 87.9 Å². The van der Waals surface area contributed by atoms with Gasteiger partial charge in [0.05, 0.1) is 0 Å². The standard InChI is InChI=1S/C22H28N2/c1-14-11-15(2)13-18(12-14)22-19(7-5-6-10-23)20-9-8-16(3)17(4)21(20)24-22/h8-9,11-13,24H,5-7,10,23H2,1-4H3. The van der Waals surface area contributed by atoms with Gasteiger partial charge in [-0.15, -0.1) is 0 Å². The Morgan fingerprint density at radius 2 is 1.62 bits per heavy atom. The van der Waals surface area contributed by atoms with Gasteiger partial charge in [-0.1, -0.05) is 29.3 Å². The third-order valence-corrected chi connectivity index (χ3v) is 5.00. The van der Waals surface area contributed by atoms with E-state index in [0.717, 1.165) is 25.8 Å². The maximum absolute atomic E-state index is 5.71. The summed E-state index contributed by atoms with van der Waals surface area (Å²) in [7, 11) is 0. The van der Waals surface area contributed by atoms with Crippen molar-refractivity contribution in [2.24, 2.45) is 5.73 Å². The fourth-order valence-electron chi connectivity index (χ4n) is 3.63. The molecule has 0 aliphatic rings. The number of unbranched alkanes of at least 4 members (excludes halogenated alkanes) is 1. The van der Waals surface area contributed by atoms with Gasteiger partial charge < -0.3 is 10.7 Å². The third kappa shape index (κ3) is 3.11. The highest BCUT2D eigenvalue weighted by Gasteiger charge is 2.15. The molecule has 24 heavy (non-hydrogen) atoms. The van der Waals surface area contributed by atoms with Crippen LogP contribution in [0.3, 0.4) is 0 Å². The van der Waals surface area contributed by atoms with Crippen molar-refractivity contribution in [3.05, 3.63) is 58.1 Å². The molecule has 0 atom stereocenters. The van der Waals surface area contributed by atoms with Crippen LogP contribution in [0.25, 0.3) is 22.2 Å². The van der Waals surface area contributed by atoms with Crippen LogP contribution in [0.5, 0.6) is 0 Å². The maximum Gasteiger partial charge on any atom is 0.0497 e. The van der Waals surface area contributed by atoms with E-state index in [4.69, 9.17) is 5.73 Å². The number of rotatable bonds is 5. The smallest absolute Gasteiger partial charge is 0.0497 e. The Labute approximate surface area is 145 Å². The first-order valence-corrected chi connectivity index (χ1v) is 8.90. The number of aromatic amines is 1. The van der Waals surface area contributed by atoms with Crippen LogP contribution in [0, 0.1) is 27.7 Å². The zero-order valence-corrected chi connectivity index (χ0v) is 15.3. The molecule has 0 fully saturated rings. The SMILES string of the molecule is Cc1cc(C)cc(-c2[nH]c3c(C)c(C)ccc3c2CCCCN)c1. The Kier molecular flexibility index (Phi) is 4.77. The first-order valence-electron chi connectivity index (χ1n) is 8.90. The summed E-state index contributed by atoms with van der Waals surface area (Å²) in [6.45, 7) is 9.49. The van der Waals surface area contributed by atoms with E-state index in [1.165, 1.54) is 50.0 Å². The number of fused-ring (bicyclic) bond motifs is 1. The van der Waals surface area contributed by atoms with Crippen LogP contribution in [0.4, 0.5) is 0 Å². The molecule has 126 valence electrons. The highest BCUT2D eigenvalue weighted by Crippen LogP contribution is 2.34. The number of aryl methyl sites for hydroxylation is 5. The lowest BCUT2D eigenvalue weighted by atomic mass is 9.97. The number of nitrogens with one attached hydrogen (secondary N) is 1. The van der Waals surface area contributed by atoms with E-state index in [1.807, 2.05) is 0 Å². The van der Waals surface area contributed by atoms with Crippen LogP contribution in [0.1, 0.15) is 40.7 Å². The second-order valence-corrected chi connectivity index (χ2v) is 7.03. The first-order chi connectivity index (χ1) is 11.5. The second-order valence-electron chi connectivity index (χ2n) is 7.03. The monoisotopic (exact) mass is 320 g/mol. The molecule has 0 spiro atoms. The molecule has 0 radical (unpaired) electrons. The predicted molar refractivity (Wildman–Crippen MR) is 105 cm³/mol. The fraction of sp³-hybridized carbons (Fsp3) is 0.364. The first kappa shape index (κ1) is 16.8. The van der Waals surface area contributed by atoms with Crippen molar-refractivity contribution in [2.45, 2.75) is 47.0 Å². The van der Waals surface area contributed by atoms with Gasteiger partial charge in [0.1, 0.15) is 0 Å². The van der Waals surface area contributed by atoms with E-state index in [0.29, 0.717) is 0 Å². The molecule has 0 unspecified atom stereocenters. The minimum atomic E-state index is 0.763. The zero-order valence-electron chi connectivity index (χ0n) is 15.3. The summed E-state index contributed by atoms with van der Waals surface area (Å²) in [5.41, 5.74) is 16.3. The molecule has 2 aromatic carbocycles. The number of H-pyrrole nitrogens is 1. The summed E-state index contributed by atoms with van der Waals surface area (Å²) in [6, 6.07) is 11.3. The van der Waals surface area contributed by atoms with Gasteiger partial charge in [-0.2, -0.15) is 0 Å². The lowest BCUT2D eigenvalue weighted by Crippen LogP contribution is -1.99. The van der Waals surface area contributed by atoms with Crippen LogP contribution < -0.4 is 5.73 Å². The van der Waals surface area contributed by atoms with Gasteiger partial charge in [-0.3, -0.25) is 0 Å². The lowest BCUT2D eigenvalue weighted by molar-refractivity contribution is 0.748. The molecular formula is C22H28N2. The molecular weight excluding hydrogens is 292 g/mol. The Morgan fingerprint density at radius 1 is 0.917 bits per heavy atom. The Morgan fingerprint density at radius 3 is 2.29 bits per heavy atom. The molecule has 0 saturated carbocycles. The molecule has 3 rings (SSSR count). The zero-order chi connectivity index (χ0) is 17.3. The van der Waals surface area contributed by atoms with Crippen molar-refractivity contribution in [3.63, 3.8) is 0 Å². The Hall–Kier alpha value is -2.06. The fourth-order valence-corrected chi connectivity index (χ4v) is 3.63. The van der Waals surface area contributed by atoms with Gasteiger partial charge in [0.2, 0.25) is 0 Å². The molecule has 1 aromatic heterocycles. The molecule has 0 bridgehead atoms. The number of hydrogen-bond acceptors (Lipinski definition) is 1. The molecule has 2 heteroatoms. The largest absolute Gasteiger partial charge is 0.354 e. The number of benzene rings is 2. The van der Waals surface area contributed by atoms with Gasteiger partial charge >= 0.3 is 0 Å². The molecule has 1 heterocycles. The lowest BCUT2D eigenvalue weighted by Gasteiger charge is -2.08. The topological polar surface area (TPSA) is 41.8 Å². The summed E-state index contributed by atoms with van der Waals surface area (Å²) in [6.07, 6.45) is 3.28. The minimum Gasteiger partial charge on any atom is -0.354 e. The second kappa shape index (κ2) is 6.82. The maximum atomic E-state index is 5.71. The molecule has 0 amide bonds. The van der Waals surface area contributed by atoms with Crippen LogP contribution in [-0.4, -0.2) is 11.5 Å². The van der Waals surface area contributed by atoms with Gasteiger partial charge in [0, 0.05) is 16.6 Å². The average Bonchev–Trinajstić information content (AvgIpc) is 2.90. The van der Waals surface area contributed by atoms with E-state index in [9.17, 15) is 0 Å². The highest BCUT2D eigenvalue weighted by atomic mass is 14.7. The molecule has 0 saturated heterocycles. The number of aromatic nitrogens is 1. The van der Waals surface area contributed by atoms with Crippen molar-refractivity contribution in [1.82, 2.24) is 4.98 Å². The molecule has 2 nitrogen and oxygen atoms in total. The molecule has 3 aromatic rings. The van der Waals surface area contributed by atoms with Gasteiger partial charge in [0.15, 0.2) is 0 Å². The summed E-state index contributed by atoms with van der Waals surface area (Å²) in [5.74, 6) is 0. The van der Waals surface area contributed by atoms with Crippen molar-refractivity contribution < 1.29 is 0 Å². The third-order valence-electron chi connectivity index (χ3n) is 5.00. The number of hydrogen-bond donors (Lipinski definition) is 2. The van der Waals surface area contributed by atoms with E-state index >= 15 is 0 Å². The van der Waals surface area contributed by atoms with E-state index < -0.39 is 0 Å². The quantitative estimate of drug-likeness (QED) is 0.611. The van der Waals surface area contributed by atoms with Crippen molar-refractivity contribution in [1.29, 1.82) is 0 Å². The molecule has 0 aliphatic carbocycles. The van der Waals surface area contributed by atoms with Crippen molar-refractivity contribution >= 4 is 10.9 Å².